The minimum absolute atomic E-state index is 0.122. The standard InChI is InChI=1S/C17H28N4O5S/c1-17(2,3)19-27(24,25)14-5-6-15(16(13-14)21(22)23)18-7-4-8-20-9-11-26-12-10-20/h5-6,13,18-19H,4,7-12H2,1-3H3. The van der Waals surface area contributed by atoms with Crippen LogP contribution in [0.2, 0.25) is 0 Å². The maximum atomic E-state index is 12.4. The summed E-state index contributed by atoms with van der Waals surface area (Å²) < 4.78 is 32.6. The predicted molar refractivity (Wildman–Crippen MR) is 104 cm³/mol. The van der Waals surface area contributed by atoms with Crippen LogP contribution in [-0.4, -0.2) is 63.2 Å². The molecular formula is C17H28N4O5S. The third kappa shape index (κ3) is 6.73. The van der Waals surface area contributed by atoms with E-state index in [2.05, 4.69) is 14.9 Å². The first-order valence-electron chi connectivity index (χ1n) is 8.95. The number of nitro benzene ring substituents is 1. The monoisotopic (exact) mass is 400 g/mol. The number of benzene rings is 1. The van der Waals surface area contributed by atoms with Gasteiger partial charge in [0.2, 0.25) is 10.0 Å². The second kappa shape index (κ2) is 8.96. The third-order valence-electron chi connectivity index (χ3n) is 3.99. The summed E-state index contributed by atoms with van der Waals surface area (Å²) in [5, 5.41) is 14.4. The number of nitrogens with one attached hydrogen (secondary N) is 2. The normalized spacial score (nSPS) is 16.3. The number of morpholine rings is 1. The van der Waals surface area contributed by atoms with Crippen molar-refractivity contribution in [1.82, 2.24) is 9.62 Å². The van der Waals surface area contributed by atoms with Gasteiger partial charge in [0, 0.05) is 31.2 Å². The van der Waals surface area contributed by atoms with Gasteiger partial charge < -0.3 is 10.1 Å². The molecule has 152 valence electrons. The Morgan fingerprint density at radius 3 is 2.52 bits per heavy atom. The molecule has 0 saturated carbocycles. The van der Waals surface area contributed by atoms with E-state index in [-0.39, 0.29) is 10.6 Å². The van der Waals surface area contributed by atoms with Crippen LogP contribution in [0.1, 0.15) is 27.2 Å². The number of ether oxygens (including phenoxy) is 1. The average Bonchev–Trinajstić information content (AvgIpc) is 2.57. The van der Waals surface area contributed by atoms with Crippen LogP contribution >= 0.6 is 0 Å². The van der Waals surface area contributed by atoms with Gasteiger partial charge in [-0.25, -0.2) is 13.1 Å². The summed E-state index contributed by atoms with van der Waals surface area (Å²) >= 11 is 0. The molecule has 1 aliphatic heterocycles. The first-order chi connectivity index (χ1) is 12.6. The highest BCUT2D eigenvalue weighted by Gasteiger charge is 2.25. The SMILES string of the molecule is CC(C)(C)NS(=O)(=O)c1ccc(NCCCN2CCOCC2)c([N+](=O)[O-])c1. The number of hydrogen-bond donors (Lipinski definition) is 2. The number of nitro groups is 1. The Kier molecular flexibility index (Phi) is 7.15. The molecule has 1 saturated heterocycles. The van der Waals surface area contributed by atoms with Crippen LogP contribution in [0.15, 0.2) is 23.1 Å². The van der Waals surface area contributed by atoms with Crippen LogP contribution in [0.4, 0.5) is 11.4 Å². The lowest BCUT2D eigenvalue weighted by Crippen LogP contribution is -2.40. The zero-order valence-electron chi connectivity index (χ0n) is 16.0. The minimum Gasteiger partial charge on any atom is -0.379 e. The van der Waals surface area contributed by atoms with Gasteiger partial charge in [0.05, 0.1) is 23.0 Å². The molecule has 0 atom stereocenters. The van der Waals surface area contributed by atoms with Gasteiger partial charge in [-0.1, -0.05) is 0 Å². The minimum atomic E-state index is -3.83. The fourth-order valence-electron chi connectivity index (χ4n) is 2.79. The molecule has 1 aromatic carbocycles. The van der Waals surface area contributed by atoms with Gasteiger partial charge in [0.1, 0.15) is 5.69 Å². The summed E-state index contributed by atoms with van der Waals surface area (Å²) in [4.78, 5) is 13.0. The molecule has 10 heteroatoms. The van der Waals surface area contributed by atoms with Crippen LogP contribution in [0.25, 0.3) is 0 Å². The summed E-state index contributed by atoms with van der Waals surface area (Å²) in [6.45, 7) is 9.84. The van der Waals surface area contributed by atoms with Gasteiger partial charge >= 0.3 is 0 Å². The molecule has 0 aromatic heterocycles. The Balaban J connectivity index is 2.03. The summed E-state index contributed by atoms with van der Waals surface area (Å²) in [7, 11) is -3.83. The van der Waals surface area contributed by atoms with E-state index in [1.165, 1.54) is 12.1 Å². The topological polar surface area (TPSA) is 114 Å². The van der Waals surface area contributed by atoms with Crippen molar-refractivity contribution in [2.75, 3.05) is 44.7 Å². The highest BCUT2D eigenvalue weighted by atomic mass is 32.2. The predicted octanol–water partition coefficient (Wildman–Crippen LogP) is 1.81. The van der Waals surface area contributed by atoms with E-state index >= 15 is 0 Å². The second-order valence-corrected chi connectivity index (χ2v) is 9.21. The van der Waals surface area contributed by atoms with E-state index in [0.717, 1.165) is 45.3 Å². The van der Waals surface area contributed by atoms with Gasteiger partial charge in [0.15, 0.2) is 0 Å². The van der Waals surface area contributed by atoms with Crippen molar-refractivity contribution in [3.05, 3.63) is 28.3 Å². The zero-order valence-corrected chi connectivity index (χ0v) is 16.8. The fourth-order valence-corrected chi connectivity index (χ4v) is 4.23. The second-order valence-electron chi connectivity index (χ2n) is 7.53. The van der Waals surface area contributed by atoms with Crippen molar-refractivity contribution in [2.24, 2.45) is 0 Å². The molecule has 2 N–H and O–H groups in total. The van der Waals surface area contributed by atoms with Gasteiger partial charge in [-0.2, -0.15) is 0 Å². The summed E-state index contributed by atoms with van der Waals surface area (Å²) in [5.41, 5.74) is -0.612. The van der Waals surface area contributed by atoms with Crippen molar-refractivity contribution in [3.8, 4) is 0 Å². The number of anilines is 1. The highest BCUT2D eigenvalue weighted by Crippen LogP contribution is 2.28. The number of hydrogen-bond acceptors (Lipinski definition) is 7. The average molecular weight is 401 g/mol. The summed E-state index contributed by atoms with van der Waals surface area (Å²) in [6.07, 6.45) is 0.822. The van der Waals surface area contributed by atoms with E-state index in [1.807, 2.05) is 0 Å². The van der Waals surface area contributed by atoms with Crippen molar-refractivity contribution >= 4 is 21.4 Å². The van der Waals surface area contributed by atoms with E-state index in [9.17, 15) is 18.5 Å². The lowest BCUT2D eigenvalue weighted by Gasteiger charge is -2.26. The Morgan fingerprint density at radius 1 is 1.26 bits per heavy atom. The van der Waals surface area contributed by atoms with Gasteiger partial charge in [-0.05, 0) is 45.9 Å². The van der Waals surface area contributed by atoms with Crippen LogP contribution < -0.4 is 10.0 Å². The molecule has 0 amide bonds. The largest absolute Gasteiger partial charge is 0.379 e. The Labute approximate surface area is 160 Å². The summed E-state index contributed by atoms with van der Waals surface area (Å²) in [6, 6.07) is 3.92. The summed E-state index contributed by atoms with van der Waals surface area (Å²) in [5.74, 6) is 0. The maximum absolute atomic E-state index is 12.4. The number of sulfonamides is 1. The lowest BCUT2D eigenvalue weighted by molar-refractivity contribution is -0.384. The molecular weight excluding hydrogens is 372 g/mol. The van der Waals surface area contributed by atoms with E-state index in [1.54, 1.807) is 20.8 Å². The Morgan fingerprint density at radius 2 is 1.93 bits per heavy atom. The molecule has 0 spiro atoms. The molecule has 9 nitrogen and oxygen atoms in total. The fraction of sp³-hybridized carbons (Fsp3) is 0.647. The van der Waals surface area contributed by atoms with Crippen molar-refractivity contribution < 1.29 is 18.1 Å². The molecule has 1 fully saturated rings. The molecule has 0 radical (unpaired) electrons. The molecule has 2 rings (SSSR count). The molecule has 1 aliphatic rings. The maximum Gasteiger partial charge on any atom is 0.293 e. The first-order valence-corrected chi connectivity index (χ1v) is 10.4. The van der Waals surface area contributed by atoms with Crippen LogP contribution in [0, 0.1) is 10.1 Å². The van der Waals surface area contributed by atoms with Gasteiger partial charge in [-0.15, -0.1) is 0 Å². The van der Waals surface area contributed by atoms with Crippen LogP contribution in [0.5, 0.6) is 0 Å². The number of nitrogens with zero attached hydrogens (tertiary/aromatic N) is 2. The molecule has 1 heterocycles. The molecule has 0 bridgehead atoms. The molecule has 0 unspecified atom stereocenters. The lowest BCUT2D eigenvalue weighted by atomic mass is 10.1. The smallest absolute Gasteiger partial charge is 0.293 e. The highest BCUT2D eigenvalue weighted by molar-refractivity contribution is 7.89. The van der Waals surface area contributed by atoms with E-state index in [0.29, 0.717) is 12.2 Å². The number of rotatable bonds is 8. The van der Waals surface area contributed by atoms with E-state index in [4.69, 9.17) is 4.74 Å². The molecule has 1 aromatic rings. The van der Waals surface area contributed by atoms with Gasteiger partial charge in [-0.3, -0.25) is 15.0 Å². The molecule has 27 heavy (non-hydrogen) atoms. The quantitative estimate of drug-likeness (QED) is 0.388. The van der Waals surface area contributed by atoms with Crippen molar-refractivity contribution in [1.29, 1.82) is 0 Å². The van der Waals surface area contributed by atoms with Crippen molar-refractivity contribution in [3.63, 3.8) is 0 Å². The molecule has 0 aliphatic carbocycles. The van der Waals surface area contributed by atoms with E-state index < -0.39 is 20.5 Å². The van der Waals surface area contributed by atoms with Crippen LogP contribution in [0.3, 0.4) is 0 Å². The van der Waals surface area contributed by atoms with Gasteiger partial charge in [0.25, 0.3) is 5.69 Å². The Bertz CT molecular complexity index is 755. The zero-order chi connectivity index (χ0) is 20.1. The first kappa shape index (κ1) is 21.5. The van der Waals surface area contributed by atoms with Crippen molar-refractivity contribution in [2.45, 2.75) is 37.6 Å². The Hall–Kier alpha value is -1.75. The van der Waals surface area contributed by atoms with Crippen LogP contribution in [-0.2, 0) is 14.8 Å². The third-order valence-corrected chi connectivity index (χ3v) is 5.74.